The molecule has 0 fully saturated rings. The number of hydrogen-bond donors (Lipinski definition) is 1. The second kappa shape index (κ2) is 6.07. The van der Waals surface area contributed by atoms with Crippen molar-refractivity contribution in [2.75, 3.05) is 5.43 Å². The van der Waals surface area contributed by atoms with Crippen LogP contribution in [0.2, 0.25) is 0 Å². The first-order valence-electron chi connectivity index (χ1n) is 6.33. The van der Waals surface area contributed by atoms with Gasteiger partial charge in [0.2, 0.25) is 0 Å². The first-order chi connectivity index (χ1) is 10.7. The highest BCUT2D eigenvalue weighted by molar-refractivity contribution is 5.81. The minimum atomic E-state index is -4.65. The van der Waals surface area contributed by atoms with Gasteiger partial charge in [0.05, 0.1) is 22.4 Å². The van der Waals surface area contributed by atoms with E-state index in [1.807, 2.05) is 0 Å². The number of rotatable bonds is 4. The first kappa shape index (κ1) is 16.5. The lowest BCUT2D eigenvalue weighted by atomic mass is 10.1. The third-order valence-electron chi connectivity index (χ3n) is 2.96. The highest BCUT2D eigenvalue weighted by atomic mass is 19.4. The molecule has 122 valence electrons. The summed E-state index contributed by atoms with van der Waals surface area (Å²) >= 11 is 0. The van der Waals surface area contributed by atoms with Gasteiger partial charge in [-0.2, -0.15) is 23.4 Å². The number of anilines is 1. The molecule has 7 nitrogen and oxygen atoms in total. The van der Waals surface area contributed by atoms with E-state index in [0.717, 1.165) is 12.1 Å². The Labute approximate surface area is 128 Å². The Balaban J connectivity index is 2.26. The van der Waals surface area contributed by atoms with Gasteiger partial charge in [0.15, 0.2) is 0 Å². The van der Waals surface area contributed by atoms with E-state index in [9.17, 15) is 23.3 Å². The van der Waals surface area contributed by atoms with Crippen LogP contribution < -0.4 is 5.43 Å². The standard InChI is InChI=1S/C13H12F3N5O2/c1-8-9(7-20(2)19-8)6-17-18-11-4-3-10(13(14,15)16)5-12(11)21(22)23/h3-7,18H,1-2H3/b17-6-. The number of aromatic nitrogens is 2. The third-order valence-corrected chi connectivity index (χ3v) is 2.96. The molecule has 0 bridgehead atoms. The fourth-order valence-corrected chi connectivity index (χ4v) is 1.87. The Hall–Kier alpha value is -2.91. The normalized spacial score (nSPS) is 11.9. The smallest absolute Gasteiger partial charge is 0.275 e. The van der Waals surface area contributed by atoms with Crippen LogP contribution in [0.1, 0.15) is 16.8 Å². The highest BCUT2D eigenvalue weighted by Gasteiger charge is 2.33. The molecule has 10 heteroatoms. The molecular weight excluding hydrogens is 315 g/mol. The molecule has 1 aromatic carbocycles. The second-order valence-corrected chi connectivity index (χ2v) is 4.70. The van der Waals surface area contributed by atoms with Crippen LogP contribution in [-0.4, -0.2) is 20.9 Å². The molecule has 0 radical (unpaired) electrons. The number of nitro benzene ring substituents is 1. The summed E-state index contributed by atoms with van der Waals surface area (Å²) in [6.07, 6.45) is -1.59. The molecule has 0 saturated heterocycles. The van der Waals surface area contributed by atoms with Gasteiger partial charge in [-0.3, -0.25) is 20.2 Å². The number of halogens is 3. The van der Waals surface area contributed by atoms with Gasteiger partial charge in [-0.05, 0) is 19.1 Å². The van der Waals surface area contributed by atoms with E-state index in [-0.39, 0.29) is 5.69 Å². The fraction of sp³-hybridized carbons (Fsp3) is 0.231. The maximum absolute atomic E-state index is 12.6. The molecule has 0 amide bonds. The van der Waals surface area contributed by atoms with E-state index in [2.05, 4.69) is 15.6 Å². The van der Waals surface area contributed by atoms with Gasteiger partial charge < -0.3 is 0 Å². The van der Waals surface area contributed by atoms with Gasteiger partial charge in [-0.25, -0.2) is 0 Å². The van der Waals surface area contributed by atoms with Crippen molar-refractivity contribution in [1.82, 2.24) is 9.78 Å². The number of benzene rings is 1. The second-order valence-electron chi connectivity index (χ2n) is 4.70. The first-order valence-corrected chi connectivity index (χ1v) is 6.33. The van der Waals surface area contributed by atoms with Gasteiger partial charge in [0.25, 0.3) is 5.69 Å². The van der Waals surface area contributed by atoms with E-state index < -0.39 is 22.4 Å². The van der Waals surface area contributed by atoms with E-state index in [4.69, 9.17) is 0 Å². The zero-order valence-electron chi connectivity index (χ0n) is 12.1. The lowest BCUT2D eigenvalue weighted by molar-refractivity contribution is -0.384. The molecule has 2 aromatic rings. The zero-order valence-corrected chi connectivity index (χ0v) is 12.1. The largest absolute Gasteiger partial charge is 0.416 e. The van der Waals surface area contributed by atoms with Gasteiger partial charge in [0, 0.05) is 24.9 Å². The summed E-state index contributed by atoms with van der Waals surface area (Å²) in [4.78, 5) is 10.0. The maximum Gasteiger partial charge on any atom is 0.416 e. The average molecular weight is 327 g/mol. The predicted molar refractivity (Wildman–Crippen MR) is 77.3 cm³/mol. The van der Waals surface area contributed by atoms with Crippen LogP contribution in [0.4, 0.5) is 24.5 Å². The SMILES string of the molecule is Cc1nn(C)cc1/C=N\Nc1ccc(C(F)(F)F)cc1[N+](=O)[O-]. The topological polar surface area (TPSA) is 85.3 Å². The van der Waals surface area contributed by atoms with Crippen LogP contribution in [0.25, 0.3) is 0 Å². The average Bonchev–Trinajstić information content (AvgIpc) is 2.76. The maximum atomic E-state index is 12.6. The third kappa shape index (κ3) is 3.84. The molecule has 0 atom stereocenters. The molecular formula is C13H12F3N5O2. The molecule has 0 aliphatic rings. The Kier molecular flexibility index (Phi) is 4.34. The molecule has 1 aromatic heterocycles. The molecule has 0 aliphatic heterocycles. The van der Waals surface area contributed by atoms with Gasteiger partial charge >= 0.3 is 6.18 Å². The molecule has 0 spiro atoms. The summed E-state index contributed by atoms with van der Waals surface area (Å²) in [6, 6.07) is 2.18. The number of nitrogens with zero attached hydrogens (tertiary/aromatic N) is 4. The Morgan fingerprint density at radius 3 is 2.65 bits per heavy atom. The Morgan fingerprint density at radius 1 is 1.43 bits per heavy atom. The summed E-state index contributed by atoms with van der Waals surface area (Å²) in [7, 11) is 1.72. The molecule has 0 saturated carbocycles. The lowest BCUT2D eigenvalue weighted by Gasteiger charge is -2.08. The van der Waals surface area contributed by atoms with Crippen LogP contribution in [0.3, 0.4) is 0 Å². The highest BCUT2D eigenvalue weighted by Crippen LogP contribution is 2.34. The summed E-state index contributed by atoms with van der Waals surface area (Å²) in [6.45, 7) is 1.75. The van der Waals surface area contributed by atoms with Crippen LogP contribution in [0, 0.1) is 17.0 Å². The van der Waals surface area contributed by atoms with Gasteiger partial charge in [0.1, 0.15) is 5.69 Å². The summed E-state index contributed by atoms with van der Waals surface area (Å²) < 4.78 is 39.4. The van der Waals surface area contributed by atoms with Gasteiger partial charge in [-0.1, -0.05) is 0 Å². The number of nitrogens with one attached hydrogen (secondary N) is 1. The van der Waals surface area contributed by atoms with Crippen molar-refractivity contribution in [3.8, 4) is 0 Å². The quantitative estimate of drug-likeness (QED) is 0.531. The van der Waals surface area contributed by atoms with E-state index in [0.29, 0.717) is 17.3 Å². The fourth-order valence-electron chi connectivity index (χ4n) is 1.87. The number of alkyl halides is 3. The minimum absolute atomic E-state index is 0.138. The summed E-state index contributed by atoms with van der Waals surface area (Å²) in [5, 5.41) is 18.8. The Morgan fingerprint density at radius 2 is 2.13 bits per heavy atom. The number of hydrazone groups is 1. The van der Waals surface area contributed by atoms with Crippen molar-refractivity contribution in [2.24, 2.45) is 12.1 Å². The van der Waals surface area contributed by atoms with Crippen LogP contribution in [-0.2, 0) is 13.2 Å². The van der Waals surface area contributed by atoms with Crippen molar-refractivity contribution < 1.29 is 18.1 Å². The zero-order chi connectivity index (χ0) is 17.2. The van der Waals surface area contributed by atoms with Crippen LogP contribution in [0.15, 0.2) is 29.5 Å². The van der Waals surface area contributed by atoms with Gasteiger partial charge in [-0.15, -0.1) is 0 Å². The molecule has 2 rings (SSSR count). The molecule has 0 aliphatic carbocycles. The molecule has 23 heavy (non-hydrogen) atoms. The predicted octanol–water partition coefficient (Wildman–Crippen LogP) is 3.10. The van der Waals surface area contributed by atoms with Crippen LogP contribution >= 0.6 is 0 Å². The lowest BCUT2D eigenvalue weighted by Crippen LogP contribution is -2.06. The Bertz CT molecular complexity index is 767. The van der Waals surface area contributed by atoms with Crippen molar-refractivity contribution in [3.63, 3.8) is 0 Å². The van der Waals surface area contributed by atoms with Crippen molar-refractivity contribution in [3.05, 3.63) is 51.3 Å². The molecule has 1 N–H and O–H groups in total. The monoisotopic (exact) mass is 327 g/mol. The van der Waals surface area contributed by atoms with Crippen LogP contribution in [0.5, 0.6) is 0 Å². The summed E-state index contributed by atoms with van der Waals surface area (Å²) in [5.74, 6) is 0. The number of hydrogen-bond acceptors (Lipinski definition) is 5. The number of aryl methyl sites for hydroxylation is 2. The summed E-state index contributed by atoms with van der Waals surface area (Å²) in [5.41, 5.74) is 1.81. The van der Waals surface area contributed by atoms with Crippen molar-refractivity contribution in [1.29, 1.82) is 0 Å². The molecule has 0 unspecified atom stereocenters. The molecule has 1 heterocycles. The minimum Gasteiger partial charge on any atom is -0.275 e. The van der Waals surface area contributed by atoms with Crippen molar-refractivity contribution >= 4 is 17.6 Å². The van der Waals surface area contributed by atoms with E-state index in [1.54, 1.807) is 24.9 Å². The van der Waals surface area contributed by atoms with E-state index >= 15 is 0 Å². The number of nitro groups is 1. The van der Waals surface area contributed by atoms with E-state index in [1.165, 1.54) is 6.21 Å². The van der Waals surface area contributed by atoms with Crippen molar-refractivity contribution in [2.45, 2.75) is 13.1 Å².